The Hall–Kier alpha value is -3.10. The second kappa shape index (κ2) is 9.41. The number of carbonyl (C=O) groups excluding carboxylic acids is 1. The number of anilines is 2. The summed E-state index contributed by atoms with van der Waals surface area (Å²) in [6, 6.07) is 17.1. The lowest BCUT2D eigenvalue weighted by atomic mass is 9.78. The number of amides is 1. The van der Waals surface area contributed by atoms with Gasteiger partial charge >= 0.3 is 0 Å². The zero-order valence-electron chi connectivity index (χ0n) is 19.7. The fourth-order valence-electron chi connectivity index (χ4n) is 5.08. The molecule has 0 unspecified atom stereocenters. The van der Waals surface area contributed by atoms with Gasteiger partial charge in [-0.2, -0.15) is 0 Å². The molecule has 188 valence electrons. The fraction of sp³-hybridized carbons (Fsp3) is 0.296. The number of sulfonamides is 1. The Morgan fingerprint density at radius 2 is 1.72 bits per heavy atom. The van der Waals surface area contributed by atoms with Crippen molar-refractivity contribution in [3.63, 3.8) is 0 Å². The predicted molar refractivity (Wildman–Crippen MR) is 138 cm³/mol. The Labute approximate surface area is 215 Å². The van der Waals surface area contributed by atoms with Crippen molar-refractivity contribution in [2.75, 3.05) is 16.2 Å². The van der Waals surface area contributed by atoms with Crippen LogP contribution in [-0.2, 0) is 20.2 Å². The monoisotopic (exact) mass is 528 g/mol. The Morgan fingerprint density at radius 1 is 1.06 bits per heavy atom. The summed E-state index contributed by atoms with van der Waals surface area (Å²) in [7, 11) is -3.98. The Kier molecular flexibility index (Phi) is 6.43. The third-order valence-corrected chi connectivity index (χ3v) is 8.97. The minimum Gasteiger partial charge on any atom is -0.487 e. The summed E-state index contributed by atoms with van der Waals surface area (Å²) in [6.07, 6.45) is 2.93. The summed E-state index contributed by atoms with van der Waals surface area (Å²) in [5.74, 6) is -0.262. The molecule has 5 rings (SSSR count). The smallest absolute Gasteiger partial charge is 0.264 e. The van der Waals surface area contributed by atoms with Crippen molar-refractivity contribution in [3.05, 3.63) is 83.1 Å². The van der Waals surface area contributed by atoms with Crippen LogP contribution in [0.3, 0.4) is 0 Å². The molecule has 2 aliphatic rings. The summed E-state index contributed by atoms with van der Waals surface area (Å²) in [4.78, 5) is 13.6. The van der Waals surface area contributed by atoms with Gasteiger partial charge in [0.25, 0.3) is 10.0 Å². The Bertz CT molecular complexity index is 1390. The standard InChI is InChI=1S/C27H26ClFN2O4S/c1-18-17-31(36(33,34)23-11-8-21(29)9-12-23)24-16-22(10-13-25(24)35-18)30-26(32)27(14-2-3-15-27)19-4-6-20(28)7-5-19/h4-13,16,18H,2-3,14-15,17H2,1H3,(H,30,32)/t18-/m0/s1. The van der Waals surface area contributed by atoms with Gasteiger partial charge in [-0.05, 0) is 79.9 Å². The molecule has 0 aromatic heterocycles. The molecule has 3 aromatic rings. The van der Waals surface area contributed by atoms with E-state index in [1.165, 1.54) is 16.4 Å². The first-order valence-corrected chi connectivity index (χ1v) is 13.7. The van der Waals surface area contributed by atoms with Crippen molar-refractivity contribution < 1.29 is 22.3 Å². The van der Waals surface area contributed by atoms with Gasteiger partial charge in [-0.3, -0.25) is 9.10 Å². The summed E-state index contributed by atoms with van der Waals surface area (Å²) >= 11 is 6.07. The number of carbonyl (C=O) groups is 1. The lowest BCUT2D eigenvalue weighted by Gasteiger charge is -2.34. The molecule has 1 aliphatic carbocycles. The van der Waals surface area contributed by atoms with Crippen LogP contribution in [0.1, 0.15) is 38.2 Å². The van der Waals surface area contributed by atoms with Crippen LogP contribution in [-0.4, -0.2) is 27.0 Å². The van der Waals surface area contributed by atoms with Crippen LogP contribution in [0.15, 0.2) is 71.6 Å². The van der Waals surface area contributed by atoms with Crippen LogP contribution in [0.5, 0.6) is 5.75 Å². The Morgan fingerprint density at radius 3 is 2.39 bits per heavy atom. The van der Waals surface area contributed by atoms with E-state index in [1.54, 1.807) is 37.3 Å². The number of nitrogens with one attached hydrogen (secondary N) is 1. The maximum atomic E-state index is 13.6. The second-order valence-corrected chi connectivity index (χ2v) is 11.7. The van der Waals surface area contributed by atoms with E-state index in [0.717, 1.165) is 43.4 Å². The lowest BCUT2D eigenvalue weighted by Crippen LogP contribution is -2.42. The first kappa shape index (κ1) is 24.6. The quantitative estimate of drug-likeness (QED) is 0.447. The number of benzene rings is 3. The minimum absolute atomic E-state index is 0.0222. The van der Waals surface area contributed by atoms with Crippen molar-refractivity contribution in [1.29, 1.82) is 0 Å². The molecule has 3 aromatic carbocycles. The first-order valence-electron chi connectivity index (χ1n) is 11.9. The summed E-state index contributed by atoms with van der Waals surface area (Å²) in [6.45, 7) is 1.86. The molecule has 36 heavy (non-hydrogen) atoms. The molecule has 1 aliphatic heterocycles. The summed E-state index contributed by atoms with van der Waals surface area (Å²) in [5.41, 5.74) is 1.03. The van der Waals surface area contributed by atoms with Crippen molar-refractivity contribution in [2.24, 2.45) is 0 Å². The van der Waals surface area contributed by atoms with Crippen LogP contribution in [0, 0.1) is 5.82 Å². The highest BCUT2D eigenvalue weighted by Crippen LogP contribution is 2.43. The van der Waals surface area contributed by atoms with Gasteiger partial charge in [0.2, 0.25) is 5.91 Å². The number of nitrogens with zero attached hydrogens (tertiary/aromatic N) is 1. The van der Waals surface area contributed by atoms with Crippen molar-refractivity contribution in [2.45, 2.75) is 49.0 Å². The van der Waals surface area contributed by atoms with Crippen LogP contribution in [0.25, 0.3) is 0 Å². The van der Waals surface area contributed by atoms with Gasteiger partial charge in [0.1, 0.15) is 17.7 Å². The topological polar surface area (TPSA) is 75.7 Å². The number of rotatable bonds is 5. The van der Waals surface area contributed by atoms with Crippen molar-refractivity contribution in [3.8, 4) is 5.75 Å². The molecule has 1 atom stereocenters. The van der Waals surface area contributed by atoms with Crippen molar-refractivity contribution in [1.82, 2.24) is 0 Å². The van der Waals surface area contributed by atoms with Gasteiger partial charge < -0.3 is 10.1 Å². The highest BCUT2D eigenvalue weighted by molar-refractivity contribution is 7.92. The maximum Gasteiger partial charge on any atom is 0.264 e. The van der Waals surface area contributed by atoms with E-state index < -0.39 is 21.3 Å². The van der Waals surface area contributed by atoms with E-state index in [9.17, 15) is 17.6 Å². The summed E-state index contributed by atoms with van der Waals surface area (Å²) < 4.78 is 47.5. The normalized spacial score (nSPS) is 18.9. The average Bonchev–Trinajstić information content (AvgIpc) is 3.36. The van der Waals surface area contributed by atoms with Gasteiger partial charge in [0, 0.05) is 10.7 Å². The van der Waals surface area contributed by atoms with E-state index in [-0.39, 0.29) is 23.5 Å². The highest BCUT2D eigenvalue weighted by Gasteiger charge is 2.43. The number of hydrogen-bond donors (Lipinski definition) is 1. The van der Waals surface area contributed by atoms with Gasteiger partial charge in [0.15, 0.2) is 0 Å². The molecule has 1 heterocycles. The van der Waals surface area contributed by atoms with E-state index in [1.807, 2.05) is 12.1 Å². The van der Waals surface area contributed by atoms with Gasteiger partial charge in [-0.1, -0.05) is 36.6 Å². The molecular weight excluding hydrogens is 503 g/mol. The van der Waals surface area contributed by atoms with Crippen LogP contribution < -0.4 is 14.4 Å². The lowest BCUT2D eigenvalue weighted by molar-refractivity contribution is -0.121. The molecule has 0 saturated heterocycles. The second-order valence-electron chi connectivity index (χ2n) is 9.35. The van der Waals surface area contributed by atoms with Gasteiger partial charge in [-0.15, -0.1) is 0 Å². The molecule has 1 N–H and O–H groups in total. The van der Waals surface area contributed by atoms with E-state index in [2.05, 4.69) is 5.32 Å². The maximum absolute atomic E-state index is 13.6. The third-order valence-electron chi connectivity index (χ3n) is 6.93. The number of fused-ring (bicyclic) bond motifs is 1. The molecular formula is C27H26ClFN2O4S. The third kappa shape index (κ3) is 4.44. The molecule has 0 spiro atoms. The number of ether oxygens (including phenoxy) is 1. The van der Waals surface area contributed by atoms with E-state index in [4.69, 9.17) is 16.3 Å². The van der Waals surface area contributed by atoms with Crippen LogP contribution in [0.4, 0.5) is 15.8 Å². The predicted octanol–water partition coefficient (Wildman–Crippen LogP) is 5.91. The van der Waals surface area contributed by atoms with E-state index >= 15 is 0 Å². The summed E-state index contributed by atoms with van der Waals surface area (Å²) in [5, 5.41) is 3.63. The molecule has 1 amide bonds. The molecule has 9 heteroatoms. The largest absolute Gasteiger partial charge is 0.487 e. The molecule has 0 radical (unpaired) electrons. The highest BCUT2D eigenvalue weighted by atomic mass is 35.5. The van der Waals surface area contributed by atoms with E-state index in [0.29, 0.717) is 22.1 Å². The molecule has 0 bridgehead atoms. The number of hydrogen-bond acceptors (Lipinski definition) is 4. The van der Waals surface area contributed by atoms with Crippen molar-refractivity contribution >= 4 is 38.9 Å². The molecule has 6 nitrogen and oxygen atoms in total. The first-order chi connectivity index (χ1) is 17.2. The molecule has 1 saturated carbocycles. The zero-order chi connectivity index (χ0) is 25.5. The van der Waals surface area contributed by atoms with Gasteiger partial charge in [-0.25, -0.2) is 12.8 Å². The van der Waals surface area contributed by atoms with Crippen LogP contribution >= 0.6 is 11.6 Å². The molecule has 1 fully saturated rings. The average molecular weight is 529 g/mol. The zero-order valence-corrected chi connectivity index (χ0v) is 21.3. The van der Waals surface area contributed by atoms with Gasteiger partial charge in [0.05, 0.1) is 22.5 Å². The minimum atomic E-state index is -3.98. The fourth-order valence-corrected chi connectivity index (χ4v) is 6.75. The Balaban J connectivity index is 1.48. The number of halogens is 2. The van der Waals surface area contributed by atoms with Crippen LogP contribution in [0.2, 0.25) is 5.02 Å². The SMILES string of the molecule is C[C@H]1CN(S(=O)(=O)c2ccc(F)cc2)c2cc(NC(=O)C3(c4ccc(Cl)cc4)CCCC3)ccc2O1.